The second kappa shape index (κ2) is 7.79. The number of benzene rings is 1. The highest BCUT2D eigenvalue weighted by Gasteiger charge is 2.27. The molecule has 22 heavy (non-hydrogen) atoms. The number of methoxy groups -OCH3 is 1. The minimum Gasteiger partial charge on any atom is -0.497 e. The monoisotopic (exact) mass is 307 g/mol. The summed E-state index contributed by atoms with van der Waals surface area (Å²) >= 11 is 0. The fourth-order valence-electron chi connectivity index (χ4n) is 2.56. The molecule has 0 spiro atoms. The van der Waals surface area contributed by atoms with Crippen LogP contribution in [0.1, 0.15) is 29.6 Å². The Morgan fingerprint density at radius 3 is 2.45 bits per heavy atom. The van der Waals surface area contributed by atoms with Gasteiger partial charge in [0.1, 0.15) is 5.75 Å². The highest BCUT2D eigenvalue weighted by molar-refractivity contribution is 5.94. The first-order valence-corrected chi connectivity index (χ1v) is 7.36. The Morgan fingerprint density at radius 1 is 1.27 bits per heavy atom. The summed E-state index contributed by atoms with van der Waals surface area (Å²) in [5, 5.41) is 8.90. The highest BCUT2D eigenvalue weighted by atomic mass is 16.5. The van der Waals surface area contributed by atoms with Gasteiger partial charge in [0.15, 0.2) is 0 Å². The van der Waals surface area contributed by atoms with Gasteiger partial charge in [0.2, 0.25) is 0 Å². The Balaban J connectivity index is 2.13. The van der Waals surface area contributed by atoms with Crippen molar-refractivity contribution in [2.24, 2.45) is 0 Å². The number of hydrogen-bond donors (Lipinski definition) is 1. The molecule has 0 saturated carbocycles. The topological polar surface area (TPSA) is 76.1 Å². The van der Waals surface area contributed by atoms with Crippen molar-refractivity contribution in [2.75, 3.05) is 26.9 Å². The Morgan fingerprint density at radius 2 is 1.91 bits per heavy atom. The van der Waals surface area contributed by atoms with Crippen LogP contribution in [0.15, 0.2) is 24.3 Å². The van der Waals surface area contributed by atoms with Gasteiger partial charge >= 0.3 is 5.97 Å². The van der Waals surface area contributed by atoms with Crippen LogP contribution in [0.5, 0.6) is 5.75 Å². The van der Waals surface area contributed by atoms with Crippen LogP contribution in [0.25, 0.3) is 0 Å². The van der Waals surface area contributed by atoms with Crippen LogP contribution in [-0.2, 0) is 9.53 Å². The van der Waals surface area contributed by atoms with Gasteiger partial charge in [-0.15, -0.1) is 0 Å². The SMILES string of the molecule is COc1ccc(C(=O)N(CCC(=O)O)C2CCOCC2)cc1. The molecule has 1 saturated heterocycles. The largest absolute Gasteiger partial charge is 0.497 e. The van der Waals surface area contributed by atoms with Gasteiger partial charge in [0.05, 0.1) is 13.5 Å². The maximum atomic E-state index is 12.7. The zero-order valence-corrected chi connectivity index (χ0v) is 12.7. The average Bonchev–Trinajstić information content (AvgIpc) is 2.55. The molecule has 0 aliphatic carbocycles. The molecule has 0 unspecified atom stereocenters. The van der Waals surface area contributed by atoms with E-state index >= 15 is 0 Å². The molecule has 0 atom stereocenters. The molecular formula is C16H21NO5. The van der Waals surface area contributed by atoms with Crippen LogP contribution in [-0.4, -0.2) is 54.8 Å². The number of carbonyl (C=O) groups excluding carboxylic acids is 1. The molecule has 120 valence electrons. The number of amides is 1. The number of hydrogen-bond acceptors (Lipinski definition) is 4. The van der Waals surface area contributed by atoms with Crippen molar-refractivity contribution < 1.29 is 24.2 Å². The first-order chi connectivity index (χ1) is 10.6. The van der Waals surface area contributed by atoms with Gasteiger partial charge in [-0.25, -0.2) is 0 Å². The van der Waals surface area contributed by atoms with Crippen molar-refractivity contribution in [1.29, 1.82) is 0 Å². The number of carboxylic acid groups (broad SMARTS) is 1. The number of aliphatic carboxylic acids is 1. The number of carbonyl (C=O) groups is 2. The fraction of sp³-hybridized carbons (Fsp3) is 0.500. The van der Waals surface area contributed by atoms with Crippen LogP contribution in [0, 0.1) is 0 Å². The summed E-state index contributed by atoms with van der Waals surface area (Å²) in [4.78, 5) is 25.2. The molecule has 0 aromatic heterocycles. The molecular weight excluding hydrogens is 286 g/mol. The Hall–Kier alpha value is -2.08. The molecule has 1 amide bonds. The van der Waals surface area contributed by atoms with Crippen LogP contribution in [0.3, 0.4) is 0 Å². The van der Waals surface area contributed by atoms with E-state index in [1.54, 1.807) is 36.3 Å². The highest BCUT2D eigenvalue weighted by Crippen LogP contribution is 2.19. The van der Waals surface area contributed by atoms with E-state index in [0.29, 0.717) is 24.5 Å². The second-order valence-electron chi connectivity index (χ2n) is 5.21. The standard InChI is InChI=1S/C16H21NO5/c1-21-14-4-2-12(3-5-14)16(20)17(9-6-15(18)19)13-7-10-22-11-8-13/h2-5,13H,6-11H2,1H3,(H,18,19). The van der Waals surface area contributed by atoms with E-state index in [1.807, 2.05) is 0 Å². The first-order valence-electron chi connectivity index (χ1n) is 7.36. The molecule has 1 aliphatic rings. The van der Waals surface area contributed by atoms with Crippen LogP contribution < -0.4 is 4.74 Å². The molecule has 0 radical (unpaired) electrons. The molecule has 1 aliphatic heterocycles. The maximum absolute atomic E-state index is 12.7. The van der Waals surface area contributed by atoms with E-state index in [2.05, 4.69) is 0 Å². The smallest absolute Gasteiger partial charge is 0.305 e. The van der Waals surface area contributed by atoms with Gasteiger partial charge in [-0.1, -0.05) is 0 Å². The summed E-state index contributed by atoms with van der Waals surface area (Å²) in [5.74, 6) is -0.366. The summed E-state index contributed by atoms with van der Waals surface area (Å²) in [6, 6.07) is 6.89. The van der Waals surface area contributed by atoms with Crippen molar-refractivity contribution in [3.8, 4) is 5.75 Å². The molecule has 1 heterocycles. The van der Waals surface area contributed by atoms with E-state index in [9.17, 15) is 9.59 Å². The van der Waals surface area contributed by atoms with Crippen molar-refractivity contribution in [3.63, 3.8) is 0 Å². The lowest BCUT2D eigenvalue weighted by molar-refractivity contribution is -0.137. The molecule has 0 bridgehead atoms. The third-order valence-corrected chi connectivity index (χ3v) is 3.80. The Labute approximate surface area is 129 Å². The van der Waals surface area contributed by atoms with Gasteiger partial charge in [-0.2, -0.15) is 0 Å². The van der Waals surface area contributed by atoms with Crippen LogP contribution in [0.4, 0.5) is 0 Å². The molecule has 6 nitrogen and oxygen atoms in total. The summed E-state index contributed by atoms with van der Waals surface area (Å²) in [6.07, 6.45) is 1.42. The third-order valence-electron chi connectivity index (χ3n) is 3.80. The Bertz CT molecular complexity index is 508. The fourth-order valence-corrected chi connectivity index (χ4v) is 2.56. The van der Waals surface area contributed by atoms with Gasteiger partial charge in [0.25, 0.3) is 5.91 Å². The average molecular weight is 307 g/mol. The number of ether oxygens (including phenoxy) is 2. The molecule has 2 rings (SSSR count). The minimum absolute atomic E-state index is 0.0303. The van der Waals surface area contributed by atoms with E-state index in [1.165, 1.54) is 0 Å². The van der Waals surface area contributed by atoms with Crippen LogP contribution in [0.2, 0.25) is 0 Å². The minimum atomic E-state index is -0.903. The second-order valence-corrected chi connectivity index (χ2v) is 5.21. The van der Waals surface area contributed by atoms with Crippen LogP contribution >= 0.6 is 0 Å². The van der Waals surface area contributed by atoms with Gasteiger partial charge < -0.3 is 19.5 Å². The zero-order chi connectivity index (χ0) is 15.9. The summed E-state index contributed by atoms with van der Waals surface area (Å²) in [6.45, 7) is 1.42. The van der Waals surface area contributed by atoms with E-state index in [0.717, 1.165) is 12.8 Å². The van der Waals surface area contributed by atoms with Crippen molar-refractivity contribution >= 4 is 11.9 Å². The predicted molar refractivity (Wildman–Crippen MR) is 80.1 cm³/mol. The predicted octanol–water partition coefficient (Wildman–Crippen LogP) is 1.79. The van der Waals surface area contributed by atoms with Crippen molar-refractivity contribution in [3.05, 3.63) is 29.8 Å². The first kappa shape index (κ1) is 16.3. The quantitative estimate of drug-likeness (QED) is 0.867. The van der Waals surface area contributed by atoms with Gasteiger partial charge in [0, 0.05) is 31.4 Å². The summed E-state index contributed by atoms with van der Waals surface area (Å²) in [7, 11) is 1.57. The lowest BCUT2D eigenvalue weighted by atomic mass is 10.0. The Kier molecular flexibility index (Phi) is 5.77. The van der Waals surface area contributed by atoms with Crippen molar-refractivity contribution in [2.45, 2.75) is 25.3 Å². The number of carboxylic acids is 1. The van der Waals surface area contributed by atoms with E-state index in [4.69, 9.17) is 14.6 Å². The molecule has 1 aromatic carbocycles. The lowest BCUT2D eigenvalue weighted by Crippen LogP contribution is -2.44. The zero-order valence-electron chi connectivity index (χ0n) is 12.7. The maximum Gasteiger partial charge on any atom is 0.305 e. The van der Waals surface area contributed by atoms with E-state index < -0.39 is 5.97 Å². The molecule has 1 N–H and O–H groups in total. The van der Waals surface area contributed by atoms with E-state index in [-0.39, 0.29) is 24.9 Å². The van der Waals surface area contributed by atoms with Gasteiger partial charge in [-0.05, 0) is 37.1 Å². The van der Waals surface area contributed by atoms with Crippen molar-refractivity contribution in [1.82, 2.24) is 4.90 Å². The molecule has 6 heteroatoms. The van der Waals surface area contributed by atoms with Gasteiger partial charge in [-0.3, -0.25) is 9.59 Å². The molecule has 1 fully saturated rings. The lowest BCUT2D eigenvalue weighted by Gasteiger charge is -2.34. The third kappa shape index (κ3) is 4.21. The summed E-state index contributed by atoms with van der Waals surface area (Å²) < 4.78 is 10.4. The number of rotatable bonds is 6. The summed E-state index contributed by atoms with van der Waals surface area (Å²) in [5.41, 5.74) is 0.540. The normalized spacial score (nSPS) is 15.3. The number of nitrogens with zero attached hydrogens (tertiary/aromatic N) is 1. The molecule has 1 aromatic rings.